The molecule has 0 saturated carbocycles. The van der Waals surface area contributed by atoms with Gasteiger partial charge in [-0.1, -0.05) is 0 Å². The van der Waals surface area contributed by atoms with Crippen molar-refractivity contribution in [2.24, 2.45) is 0 Å². The average molecular weight is 719 g/mol. The lowest BCUT2D eigenvalue weighted by atomic mass is 10.1. The van der Waals surface area contributed by atoms with E-state index in [1.165, 1.54) is 0 Å². The van der Waals surface area contributed by atoms with Gasteiger partial charge in [-0.15, -0.1) is 0 Å². The second-order valence-corrected chi connectivity index (χ2v) is 14.5. The van der Waals surface area contributed by atoms with Crippen molar-refractivity contribution in [2.75, 3.05) is 18.9 Å². The van der Waals surface area contributed by atoms with Gasteiger partial charge in [0.1, 0.15) is 48.5 Å². The number of anilines is 1. The summed E-state index contributed by atoms with van der Waals surface area (Å²) in [5.41, 5.74) is 5.55. The van der Waals surface area contributed by atoms with Gasteiger partial charge in [-0.25, -0.2) is 33.2 Å². The third kappa shape index (κ3) is 8.50. The number of hydrogen-bond acceptors (Lipinski definition) is 18. The summed E-state index contributed by atoms with van der Waals surface area (Å²) in [6.45, 7) is -1.57. The maximum Gasteiger partial charge on any atom is 0.490 e. The van der Waals surface area contributed by atoms with E-state index in [9.17, 15) is 53.2 Å². The highest BCUT2D eigenvalue weighted by atomic mass is 31.3. The quantitative estimate of drug-likeness (QED) is 0.0919. The Balaban J connectivity index is 1.70. The Bertz CT molecular complexity index is 1530. The number of aliphatic hydroxyl groups is 3. The molecule has 2 aliphatic heterocycles. The summed E-state index contributed by atoms with van der Waals surface area (Å²) >= 11 is 0. The first-order chi connectivity index (χ1) is 20.2. The fourth-order valence-corrected chi connectivity index (χ4v) is 7.93. The van der Waals surface area contributed by atoms with Crippen molar-refractivity contribution in [1.82, 2.24) is 19.5 Å². The zero-order valence-corrected chi connectivity index (χ0v) is 24.9. The topological polar surface area (TPSA) is 385 Å². The molecule has 0 amide bonds. The number of aliphatic hydroxyl groups excluding tert-OH is 3. The number of aromatic nitrogens is 4. The predicted molar refractivity (Wildman–Crippen MR) is 133 cm³/mol. The minimum atomic E-state index is -6.05. The fraction of sp³-hybridized carbons (Fsp3) is 0.667. The van der Waals surface area contributed by atoms with Crippen LogP contribution in [0.5, 0.6) is 0 Å². The Morgan fingerprint density at radius 2 is 1.52 bits per heavy atom. The van der Waals surface area contributed by atoms with Gasteiger partial charge >= 0.3 is 31.3 Å². The van der Waals surface area contributed by atoms with Crippen LogP contribution in [0.1, 0.15) is 6.23 Å². The Kier molecular flexibility index (Phi) is 10.5. The van der Waals surface area contributed by atoms with Crippen LogP contribution in [0.25, 0.3) is 11.2 Å². The number of ether oxygens (including phenoxy) is 3. The second-order valence-electron chi connectivity index (χ2n) is 8.91. The fourth-order valence-electron chi connectivity index (χ4n) is 4.17. The molecule has 2 fully saturated rings. The molecule has 0 spiro atoms. The maximum atomic E-state index is 12.8. The Labute approximate surface area is 243 Å². The number of imidazole rings is 1. The molecular formula is C15H25N5O20P4. The molecule has 2 aromatic rings. The first kappa shape index (κ1) is 35.5. The van der Waals surface area contributed by atoms with Crippen LogP contribution in [0.2, 0.25) is 0 Å². The van der Waals surface area contributed by atoms with E-state index in [1.807, 2.05) is 0 Å². The van der Waals surface area contributed by atoms with Crippen molar-refractivity contribution in [3.63, 3.8) is 0 Å². The molecule has 0 bridgehead atoms. The number of nitrogen functional groups attached to an aromatic ring is 1. The van der Waals surface area contributed by atoms with E-state index in [0.29, 0.717) is 0 Å². The number of hydrogen-bond donors (Lipinski definition) is 10. The summed E-state index contributed by atoms with van der Waals surface area (Å²) in [6.07, 6.45) is -12.3. The molecule has 3 unspecified atom stereocenters. The van der Waals surface area contributed by atoms with Crippen LogP contribution in [-0.2, 0) is 50.1 Å². The Morgan fingerprint density at radius 3 is 2.11 bits per heavy atom. The molecule has 44 heavy (non-hydrogen) atoms. The van der Waals surface area contributed by atoms with E-state index >= 15 is 0 Å². The number of rotatable bonds is 13. The molecule has 11 N–H and O–H groups in total. The van der Waals surface area contributed by atoms with E-state index in [-0.39, 0.29) is 17.0 Å². The molecule has 250 valence electrons. The van der Waals surface area contributed by atoms with Crippen LogP contribution < -0.4 is 5.73 Å². The molecule has 4 heterocycles. The van der Waals surface area contributed by atoms with Gasteiger partial charge in [0, 0.05) is 0 Å². The van der Waals surface area contributed by atoms with Crippen molar-refractivity contribution < 1.29 is 94.8 Å². The van der Waals surface area contributed by atoms with E-state index in [4.69, 9.17) is 38.8 Å². The minimum absolute atomic E-state index is 0.0631. The van der Waals surface area contributed by atoms with E-state index in [2.05, 4.69) is 23.6 Å². The maximum absolute atomic E-state index is 12.8. The van der Waals surface area contributed by atoms with Crippen LogP contribution in [-0.4, -0.2) is 120 Å². The van der Waals surface area contributed by atoms with Crippen molar-refractivity contribution >= 4 is 48.3 Å². The molecule has 0 aromatic carbocycles. The zero-order chi connectivity index (χ0) is 32.8. The van der Waals surface area contributed by atoms with Gasteiger partial charge in [-0.05, 0) is 0 Å². The minimum Gasteiger partial charge on any atom is -0.394 e. The SMILES string of the molecule is Nc1ncnc2c1ncn2[C@@H]1O[C@H](COC2O[C@H](CO)[C@@H](O)[C@H]2O)[C@@H](OP(=O)(O)O)[C@H]1OP(=O)(O)OP(=O)(O)OP(=O)(O)O. The first-order valence-corrected chi connectivity index (χ1v) is 17.6. The molecule has 29 heteroatoms. The average Bonchev–Trinajstić information content (AvgIpc) is 3.50. The molecule has 0 aliphatic carbocycles. The molecule has 0 radical (unpaired) electrons. The predicted octanol–water partition coefficient (Wildman–Crippen LogP) is -3.05. The van der Waals surface area contributed by atoms with Crippen molar-refractivity contribution in [3.05, 3.63) is 12.7 Å². The Morgan fingerprint density at radius 1 is 0.841 bits per heavy atom. The van der Waals surface area contributed by atoms with Gasteiger partial charge < -0.3 is 64.6 Å². The van der Waals surface area contributed by atoms with Gasteiger partial charge in [-0.3, -0.25) is 13.6 Å². The van der Waals surface area contributed by atoms with Crippen LogP contribution in [0.15, 0.2) is 12.7 Å². The van der Waals surface area contributed by atoms with E-state index < -0.39 is 93.6 Å². The monoisotopic (exact) mass is 719 g/mol. The van der Waals surface area contributed by atoms with Crippen LogP contribution >= 0.6 is 31.3 Å². The number of phosphoric acid groups is 4. The van der Waals surface area contributed by atoms with Crippen molar-refractivity contribution in [1.29, 1.82) is 0 Å². The van der Waals surface area contributed by atoms with E-state index in [0.717, 1.165) is 17.2 Å². The summed E-state index contributed by atoms with van der Waals surface area (Å²) in [5, 5.41) is 29.4. The highest BCUT2D eigenvalue weighted by molar-refractivity contribution is 7.66. The van der Waals surface area contributed by atoms with Crippen LogP contribution in [0, 0.1) is 0 Å². The summed E-state index contributed by atoms with van der Waals surface area (Å²) in [4.78, 5) is 68.1. The van der Waals surface area contributed by atoms with Gasteiger partial charge in [0.25, 0.3) is 0 Å². The van der Waals surface area contributed by atoms with E-state index in [1.54, 1.807) is 0 Å². The van der Waals surface area contributed by atoms with Crippen molar-refractivity contribution in [2.45, 2.75) is 49.1 Å². The highest BCUT2D eigenvalue weighted by Gasteiger charge is 2.55. The highest BCUT2D eigenvalue weighted by Crippen LogP contribution is 2.67. The second kappa shape index (κ2) is 13.0. The van der Waals surface area contributed by atoms with Gasteiger partial charge in [0.2, 0.25) is 0 Å². The number of nitrogens with zero attached hydrogens (tertiary/aromatic N) is 4. The number of nitrogens with two attached hydrogens (primary N) is 1. The molecule has 2 aromatic heterocycles. The van der Waals surface area contributed by atoms with Gasteiger partial charge in [0.05, 0.1) is 19.5 Å². The summed E-state index contributed by atoms with van der Waals surface area (Å²) in [6, 6.07) is 0. The van der Waals surface area contributed by atoms with Gasteiger partial charge in [0.15, 0.2) is 24.0 Å². The Hall–Kier alpha value is -1.37. The molecule has 2 aliphatic rings. The molecule has 2 saturated heterocycles. The summed E-state index contributed by atoms with van der Waals surface area (Å²) in [7, 11) is -23.4. The lowest BCUT2D eigenvalue weighted by Gasteiger charge is -2.27. The van der Waals surface area contributed by atoms with Crippen LogP contribution in [0.3, 0.4) is 0 Å². The number of phosphoric ester groups is 2. The standard InChI is InChI=1S/C15H25N5O20P4/c16-12-7-13(18-3-17-12)20(4-19-7)14-11(38-43(30,31)40-44(32,33)39-42(27,28)29)10(37-41(24,25)26)6(35-14)2-34-15-9(23)8(22)5(1-21)36-15/h3-6,8-11,14-15,21-23H,1-2H2,(H,30,31)(H,32,33)(H2,16,17,18)(H2,24,25,26)(H2,27,28,29)/t5-,6-,8-,9-,10-,11-,14-,15?/m1/s1. The molecule has 25 nitrogen and oxygen atoms in total. The molecule has 4 rings (SSSR count). The smallest absolute Gasteiger partial charge is 0.394 e. The van der Waals surface area contributed by atoms with Gasteiger partial charge in [-0.2, -0.15) is 8.62 Å². The third-order valence-corrected chi connectivity index (χ3v) is 10.2. The zero-order valence-electron chi connectivity index (χ0n) is 21.4. The first-order valence-electron chi connectivity index (χ1n) is 11.6. The third-order valence-electron chi connectivity index (χ3n) is 5.80. The van der Waals surface area contributed by atoms with Crippen molar-refractivity contribution in [3.8, 4) is 0 Å². The summed E-state index contributed by atoms with van der Waals surface area (Å²) in [5.74, 6) is -0.163. The molecular weight excluding hydrogens is 694 g/mol. The number of fused-ring (bicyclic) bond motifs is 1. The summed E-state index contributed by atoms with van der Waals surface area (Å²) < 4.78 is 81.8. The normalized spacial score (nSPS) is 32.6. The lowest BCUT2D eigenvalue weighted by Crippen LogP contribution is -2.40. The largest absolute Gasteiger partial charge is 0.490 e. The lowest BCUT2D eigenvalue weighted by molar-refractivity contribution is -0.190. The molecule has 10 atom stereocenters. The van der Waals surface area contributed by atoms with Crippen LogP contribution in [0.4, 0.5) is 5.82 Å².